The lowest BCUT2D eigenvalue weighted by Gasteiger charge is -2.36. The second-order valence-corrected chi connectivity index (χ2v) is 9.69. The molecule has 1 fully saturated rings. The number of methoxy groups -OCH3 is 2. The molecule has 10 heteroatoms. The van der Waals surface area contributed by atoms with Gasteiger partial charge in [-0.1, -0.05) is 12.1 Å². The molecule has 0 atom stereocenters. The number of rotatable bonds is 8. The Morgan fingerprint density at radius 2 is 1.60 bits per heavy atom. The van der Waals surface area contributed by atoms with Crippen molar-refractivity contribution in [3.8, 4) is 11.5 Å². The molecule has 2 amide bonds. The minimum absolute atomic E-state index is 0.0766. The first kappa shape index (κ1) is 24.3. The molecule has 35 heavy (non-hydrogen) atoms. The molecule has 0 radical (unpaired) electrons. The van der Waals surface area contributed by atoms with Gasteiger partial charge in [0.2, 0.25) is 0 Å². The Labute approximate surface area is 203 Å². The number of nitrogens with zero attached hydrogens (tertiary/aromatic N) is 2. The van der Waals surface area contributed by atoms with Gasteiger partial charge in [-0.3, -0.25) is 9.62 Å². The highest BCUT2D eigenvalue weighted by Gasteiger charge is 2.29. The number of halogens is 1. The molecule has 1 N–H and O–H groups in total. The van der Waals surface area contributed by atoms with E-state index in [-0.39, 0.29) is 16.6 Å². The molecular weight excluding hydrogens is 473 g/mol. The number of para-hydroxylation sites is 2. The number of ether oxygens (including phenoxy) is 2. The molecule has 0 bridgehead atoms. The summed E-state index contributed by atoms with van der Waals surface area (Å²) in [5.41, 5.74) is 1.55. The van der Waals surface area contributed by atoms with Crippen molar-refractivity contribution >= 4 is 27.4 Å². The third-order valence-corrected chi connectivity index (χ3v) is 7.04. The second-order valence-electron chi connectivity index (χ2n) is 8.01. The van der Waals surface area contributed by atoms with Crippen LogP contribution in [0.25, 0.3) is 0 Å². The first-order valence-electron chi connectivity index (χ1n) is 11.0. The molecule has 0 spiro atoms. The van der Waals surface area contributed by atoms with Crippen molar-refractivity contribution in [3.63, 3.8) is 0 Å². The fourth-order valence-electron chi connectivity index (χ4n) is 3.94. The number of urea groups is 1. The van der Waals surface area contributed by atoms with Crippen LogP contribution in [0.1, 0.15) is 12.0 Å². The van der Waals surface area contributed by atoms with E-state index >= 15 is 0 Å². The molecule has 4 rings (SSSR count). The number of benzene rings is 3. The van der Waals surface area contributed by atoms with E-state index < -0.39 is 15.8 Å². The SMILES string of the molecule is COc1cc(CN2CCCN(c3ccccc3NS(=O)(=O)c3ccc(F)cc3)C2=O)cc(OC)c1. The summed E-state index contributed by atoms with van der Waals surface area (Å²) in [6, 6.07) is 16.5. The number of carbonyl (C=O) groups excluding carboxylic acids is 1. The summed E-state index contributed by atoms with van der Waals surface area (Å²) in [7, 11) is -0.851. The molecule has 8 nitrogen and oxygen atoms in total. The van der Waals surface area contributed by atoms with Gasteiger partial charge >= 0.3 is 6.03 Å². The molecule has 0 unspecified atom stereocenters. The van der Waals surface area contributed by atoms with Gasteiger partial charge in [0.1, 0.15) is 17.3 Å². The van der Waals surface area contributed by atoms with Crippen molar-refractivity contribution in [1.82, 2.24) is 4.90 Å². The Kier molecular flexibility index (Phi) is 7.11. The Morgan fingerprint density at radius 3 is 2.26 bits per heavy atom. The fourth-order valence-corrected chi connectivity index (χ4v) is 5.02. The van der Waals surface area contributed by atoms with E-state index in [2.05, 4.69) is 4.72 Å². The number of anilines is 2. The number of hydrogen-bond acceptors (Lipinski definition) is 5. The van der Waals surface area contributed by atoms with Crippen LogP contribution in [0.4, 0.5) is 20.6 Å². The molecule has 1 saturated heterocycles. The monoisotopic (exact) mass is 499 g/mol. The van der Waals surface area contributed by atoms with Crippen molar-refractivity contribution in [1.29, 1.82) is 0 Å². The number of amides is 2. The van der Waals surface area contributed by atoms with Gasteiger partial charge < -0.3 is 14.4 Å². The average Bonchev–Trinajstić information content (AvgIpc) is 2.85. The number of nitrogens with one attached hydrogen (secondary N) is 1. The van der Waals surface area contributed by atoms with E-state index in [0.29, 0.717) is 43.2 Å². The summed E-state index contributed by atoms with van der Waals surface area (Å²) >= 11 is 0. The highest BCUT2D eigenvalue weighted by atomic mass is 32.2. The standard InChI is InChI=1S/C25H26FN3O5S/c1-33-20-14-18(15-21(16-20)34-2)17-28-12-5-13-29(25(28)30)24-7-4-3-6-23(24)27-35(31,32)22-10-8-19(26)9-11-22/h3-4,6-11,14-16,27H,5,12-13,17H2,1-2H3. The van der Waals surface area contributed by atoms with E-state index in [9.17, 15) is 17.6 Å². The zero-order valence-electron chi connectivity index (χ0n) is 19.4. The first-order chi connectivity index (χ1) is 16.8. The Bertz CT molecular complexity index is 1290. The lowest BCUT2D eigenvalue weighted by atomic mass is 10.1. The van der Waals surface area contributed by atoms with Crippen LogP contribution in [-0.4, -0.2) is 46.7 Å². The van der Waals surface area contributed by atoms with E-state index in [4.69, 9.17) is 9.47 Å². The molecular formula is C25H26FN3O5S. The molecule has 0 aromatic heterocycles. The van der Waals surface area contributed by atoms with Gasteiger partial charge in [-0.25, -0.2) is 17.6 Å². The van der Waals surface area contributed by atoms with Crippen LogP contribution in [0, 0.1) is 5.82 Å². The van der Waals surface area contributed by atoms with Gasteiger partial charge in [-0.15, -0.1) is 0 Å². The molecule has 1 aliphatic rings. The van der Waals surface area contributed by atoms with Crippen LogP contribution in [0.2, 0.25) is 0 Å². The molecule has 0 aliphatic carbocycles. The smallest absolute Gasteiger partial charge is 0.324 e. The number of carbonyl (C=O) groups is 1. The van der Waals surface area contributed by atoms with Gasteiger partial charge in [0.15, 0.2) is 0 Å². The van der Waals surface area contributed by atoms with Gasteiger partial charge in [0.05, 0.1) is 30.5 Å². The van der Waals surface area contributed by atoms with Gasteiger partial charge in [0.25, 0.3) is 10.0 Å². The van der Waals surface area contributed by atoms with Gasteiger partial charge in [-0.05, 0) is 60.5 Å². The quantitative estimate of drug-likeness (QED) is 0.494. The van der Waals surface area contributed by atoms with Crippen molar-refractivity contribution < 1.29 is 27.1 Å². The van der Waals surface area contributed by atoms with Gasteiger partial charge in [0, 0.05) is 25.7 Å². The highest BCUT2D eigenvalue weighted by molar-refractivity contribution is 7.92. The normalized spacial score (nSPS) is 14.1. The topological polar surface area (TPSA) is 88.2 Å². The van der Waals surface area contributed by atoms with Crippen LogP contribution >= 0.6 is 0 Å². The van der Waals surface area contributed by atoms with Crippen LogP contribution in [0.3, 0.4) is 0 Å². The largest absolute Gasteiger partial charge is 0.497 e. The Hall–Kier alpha value is -3.79. The Balaban J connectivity index is 1.58. The van der Waals surface area contributed by atoms with Crippen LogP contribution in [0.15, 0.2) is 71.6 Å². The molecule has 0 saturated carbocycles. The minimum atomic E-state index is -3.98. The van der Waals surface area contributed by atoms with Gasteiger partial charge in [-0.2, -0.15) is 0 Å². The summed E-state index contributed by atoms with van der Waals surface area (Å²) in [5, 5.41) is 0. The maximum atomic E-state index is 13.4. The summed E-state index contributed by atoms with van der Waals surface area (Å²) in [6.07, 6.45) is 0.700. The maximum Gasteiger partial charge on any atom is 0.324 e. The molecule has 3 aromatic carbocycles. The summed E-state index contributed by atoms with van der Waals surface area (Å²) in [6.45, 7) is 1.33. The Morgan fingerprint density at radius 1 is 0.943 bits per heavy atom. The van der Waals surface area contributed by atoms with Crippen LogP contribution in [0.5, 0.6) is 11.5 Å². The molecule has 3 aromatic rings. The van der Waals surface area contributed by atoms with Crippen molar-refractivity contribution in [2.75, 3.05) is 36.9 Å². The van der Waals surface area contributed by atoms with Crippen LogP contribution < -0.4 is 19.1 Å². The first-order valence-corrected chi connectivity index (χ1v) is 12.4. The van der Waals surface area contributed by atoms with E-state index in [1.54, 1.807) is 54.4 Å². The minimum Gasteiger partial charge on any atom is -0.497 e. The maximum absolute atomic E-state index is 13.4. The lowest BCUT2D eigenvalue weighted by molar-refractivity contribution is 0.192. The van der Waals surface area contributed by atoms with E-state index in [1.165, 1.54) is 12.1 Å². The predicted molar refractivity (Wildman–Crippen MR) is 131 cm³/mol. The second kappa shape index (κ2) is 10.2. The number of hydrogen-bond donors (Lipinski definition) is 1. The van der Waals surface area contributed by atoms with Crippen molar-refractivity contribution in [3.05, 3.63) is 78.1 Å². The zero-order chi connectivity index (χ0) is 25.0. The zero-order valence-corrected chi connectivity index (χ0v) is 20.2. The summed E-state index contributed by atoms with van der Waals surface area (Å²) in [4.78, 5) is 16.6. The van der Waals surface area contributed by atoms with Crippen molar-refractivity contribution in [2.45, 2.75) is 17.9 Å². The third-order valence-electron chi connectivity index (χ3n) is 5.66. The third kappa shape index (κ3) is 5.48. The van der Waals surface area contributed by atoms with E-state index in [1.807, 2.05) is 12.1 Å². The predicted octanol–water partition coefficient (Wildman–Crippen LogP) is 4.48. The molecule has 184 valence electrons. The van der Waals surface area contributed by atoms with Crippen LogP contribution in [-0.2, 0) is 16.6 Å². The highest BCUT2D eigenvalue weighted by Crippen LogP contribution is 2.31. The fraction of sp³-hybridized carbons (Fsp3) is 0.240. The summed E-state index contributed by atoms with van der Waals surface area (Å²) < 4.78 is 52.2. The summed E-state index contributed by atoms with van der Waals surface area (Å²) in [5.74, 6) is 0.722. The average molecular weight is 500 g/mol. The lowest BCUT2D eigenvalue weighted by Crippen LogP contribution is -2.49. The molecule has 1 aliphatic heterocycles. The number of sulfonamides is 1. The molecule has 1 heterocycles. The van der Waals surface area contributed by atoms with Crippen molar-refractivity contribution in [2.24, 2.45) is 0 Å². The van der Waals surface area contributed by atoms with E-state index in [0.717, 1.165) is 17.7 Å².